The highest BCUT2D eigenvalue weighted by Crippen LogP contribution is 2.34. The molecule has 2 fully saturated rings. The highest BCUT2D eigenvalue weighted by atomic mass is 16.7. The average molecular weight is 720 g/mol. The summed E-state index contributed by atoms with van der Waals surface area (Å²) in [4.78, 5) is 19.9. The number of fused-ring (bicyclic) bond motifs is 2. The number of aliphatic hydroxyl groups excluding tert-OH is 1. The third-order valence-corrected chi connectivity index (χ3v) is 9.39. The highest BCUT2D eigenvalue weighted by Gasteiger charge is 2.44. The van der Waals surface area contributed by atoms with Crippen molar-refractivity contribution in [1.82, 2.24) is 25.5 Å². The summed E-state index contributed by atoms with van der Waals surface area (Å²) in [5.74, 6) is 3.65. The molecule has 15 heteroatoms. The highest BCUT2D eigenvalue weighted by molar-refractivity contribution is 5.68. The molecule has 0 radical (unpaired) electrons. The summed E-state index contributed by atoms with van der Waals surface area (Å²) >= 11 is 0. The van der Waals surface area contributed by atoms with E-state index in [4.69, 9.17) is 37.5 Å². The molecule has 2 aromatic carbocycles. The molecule has 278 valence electrons. The van der Waals surface area contributed by atoms with Crippen molar-refractivity contribution in [1.29, 1.82) is 0 Å². The SMILES string of the molecule is Cc1noc(C)c1-c1nc(COc2ccc(C[C@H](NC(=O)O[C@H]3CO[C@H]4OCC[C@H]43)[C@H](O)CN(Cc3ccc4c(c3)OCO4)CC(C)C)cc2)no1. The maximum Gasteiger partial charge on any atom is 0.407 e. The first-order valence-corrected chi connectivity index (χ1v) is 17.7. The second-order valence-electron chi connectivity index (χ2n) is 13.9. The van der Waals surface area contributed by atoms with Gasteiger partial charge in [-0.1, -0.05) is 42.4 Å². The van der Waals surface area contributed by atoms with Crippen molar-refractivity contribution < 1.29 is 47.4 Å². The van der Waals surface area contributed by atoms with E-state index in [1.807, 2.05) is 49.4 Å². The molecule has 3 aliphatic rings. The Bertz CT molecular complexity index is 1790. The number of benzene rings is 2. The lowest BCUT2D eigenvalue weighted by Crippen LogP contribution is -2.50. The number of alkyl carbamates (subject to hydrolysis) is 1. The van der Waals surface area contributed by atoms with E-state index in [0.717, 1.165) is 29.8 Å². The maximum absolute atomic E-state index is 13.3. The third kappa shape index (κ3) is 8.49. The maximum atomic E-state index is 13.3. The van der Waals surface area contributed by atoms with E-state index >= 15 is 0 Å². The lowest BCUT2D eigenvalue weighted by molar-refractivity contribution is -0.0907. The Morgan fingerprint density at radius 1 is 1.02 bits per heavy atom. The van der Waals surface area contributed by atoms with Crippen LogP contribution in [0.1, 0.15) is 48.7 Å². The van der Waals surface area contributed by atoms with E-state index in [0.29, 0.717) is 72.3 Å². The minimum atomic E-state index is -0.927. The summed E-state index contributed by atoms with van der Waals surface area (Å²) in [6, 6.07) is 12.7. The number of amides is 1. The normalized spacial score (nSPS) is 20.3. The van der Waals surface area contributed by atoms with Gasteiger partial charge in [0.2, 0.25) is 12.6 Å². The number of hydrogen-bond donors (Lipinski definition) is 2. The Balaban J connectivity index is 1.01. The molecule has 0 saturated carbocycles. The van der Waals surface area contributed by atoms with E-state index in [2.05, 4.69) is 39.4 Å². The van der Waals surface area contributed by atoms with E-state index in [1.165, 1.54) is 0 Å². The summed E-state index contributed by atoms with van der Waals surface area (Å²) < 4.78 is 44.7. The van der Waals surface area contributed by atoms with Crippen LogP contribution in [-0.2, 0) is 33.8 Å². The van der Waals surface area contributed by atoms with Crippen molar-refractivity contribution in [3.63, 3.8) is 0 Å². The van der Waals surface area contributed by atoms with Crippen LogP contribution in [0.25, 0.3) is 11.5 Å². The van der Waals surface area contributed by atoms with Crippen LogP contribution in [0.3, 0.4) is 0 Å². The van der Waals surface area contributed by atoms with Gasteiger partial charge in [0.25, 0.3) is 5.89 Å². The molecular formula is C37H45N5O10. The van der Waals surface area contributed by atoms with Gasteiger partial charge in [-0.3, -0.25) is 4.90 Å². The molecule has 5 heterocycles. The smallest absolute Gasteiger partial charge is 0.407 e. The molecule has 2 aromatic heterocycles. The van der Waals surface area contributed by atoms with Crippen LogP contribution in [0, 0.1) is 25.7 Å². The number of hydrogen-bond acceptors (Lipinski definition) is 14. The molecule has 7 rings (SSSR count). The van der Waals surface area contributed by atoms with Crippen molar-refractivity contribution in [2.24, 2.45) is 11.8 Å². The fourth-order valence-corrected chi connectivity index (χ4v) is 6.89. The zero-order chi connectivity index (χ0) is 36.2. The molecule has 0 aliphatic carbocycles. The van der Waals surface area contributed by atoms with Gasteiger partial charge in [-0.25, -0.2) is 4.79 Å². The van der Waals surface area contributed by atoms with Crippen molar-refractivity contribution in [3.8, 4) is 28.7 Å². The second-order valence-corrected chi connectivity index (χ2v) is 13.9. The predicted octanol–water partition coefficient (Wildman–Crippen LogP) is 4.57. The van der Waals surface area contributed by atoms with E-state index < -0.39 is 24.3 Å². The van der Waals surface area contributed by atoms with Gasteiger partial charge in [-0.2, -0.15) is 4.98 Å². The number of aromatic nitrogens is 3. The van der Waals surface area contributed by atoms with E-state index in [1.54, 1.807) is 6.92 Å². The Kier molecular flexibility index (Phi) is 10.9. The Hall–Kier alpha value is -4.70. The van der Waals surface area contributed by atoms with Crippen molar-refractivity contribution in [2.45, 2.75) is 78.2 Å². The van der Waals surface area contributed by atoms with Gasteiger partial charge in [-0.15, -0.1) is 0 Å². The van der Waals surface area contributed by atoms with Gasteiger partial charge in [0.15, 0.2) is 24.4 Å². The van der Waals surface area contributed by atoms with Gasteiger partial charge in [0.05, 0.1) is 37.0 Å². The van der Waals surface area contributed by atoms with Crippen molar-refractivity contribution >= 4 is 6.09 Å². The molecule has 1 amide bonds. The third-order valence-electron chi connectivity index (χ3n) is 9.39. The second kappa shape index (κ2) is 15.9. The monoisotopic (exact) mass is 719 g/mol. The average Bonchev–Trinajstić information content (AvgIpc) is 3.96. The number of aryl methyl sites for hydroxylation is 2. The lowest BCUT2D eigenvalue weighted by atomic mass is 10.00. The summed E-state index contributed by atoms with van der Waals surface area (Å²) in [5.41, 5.74) is 3.26. The van der Waals surface area contributed by atoms with Crippen LogP contribution in [0.2, 0.25) is 0 Å². The lowest BCUT2D eigenvalue weighted by Gasteiger charge is -2.31. The van der Waals surface area contributed by atoms with Gasteiger partial charge < -0.3 is 47.9 Å². The summed E-state index contributed by atoms with van der Waals surface area (Å²) in [7, 11) is 0. The van der Waals surface area contributed by atoms with E-state index in [9.17, 15) is 9.90 Å². The zero-order valence-corrected chi connectivity index (χ0v) is 29.8. The summed E-state index contributed by atoms with van der Waals surface area (Å²) in [6.45, 7) is 10.6. The number of rotatable bonds is 15. The first-order chi connectivity index (χ1) is 25.2. The molecule has 2 saturated heterocycles. The van der Waals surface area contributed by atoms with Crippen molar-refractivity contribution in [2.75, 3.05) is 33.1 Å². The van der Waals surface area contributed by atoms with E-state index in [-0.39, 0.29) is 32.2 Å². The molecule has 15 nitrogen and oxygen atoms in total. The first-order valence-electron chi connectivity index (χ1n) is 17.7. The Labute approximate surface area is 301 Å². The van der Waals surface area contributed by atoms with Crippen LogP contribution >= 0.6 is 0 Å². The van der Waals surface area contributed by atoms with Crippen LogP contribution in [0.15, 0.2) is 51.5 Å². The first kappa shape index (κ1) is 35.7. The largest absolute Gasteiger partial charge is 0.485 e. The molecule has 0 spiro atoms. The Morgan fingerprint density at radius 3 is 2.62 bits per heavy atom. The number of ether oxygens (including phenoxy) is 6. The minimum Gasteiger partial charge on any atom is -0.485 e. The molecule has 3 aliphatic heterocycles. The number of nitrogens with one attached hydrogen (secondary N) is 1. The number of nitrogens with zero attached hydrogens (tertiary/aromatic N) is 4. The van der Waals surface area contributed by atoms with Gasteiger partial charge in [0.1, 0.15) is 23.2 Å². The number of carbonyl (C=O) groups excluding carboxylic acids is 1. The molecular weight excluding hydrogens is 674 g/mol. The van der Waals surface area contributed by atoms with Crippen LogP contribution < -0.4 is 19.5 Å². The van der Waals surface area contributed by atoms with Gasteiger partial charge in [-0.05, 0) is 68.0 Å². The fraction of sp³-hybridized carbons (Fsp3) is 0.514. The molecule has 2 N–H and O–H groups in total. The molecule has 52 heavy (non-hydrogen) atoms. The molecule has 5 atom stereocenters. The predicted molar refractivity (Wildman–Crippen MR) is 183 cm³/mol. The van der Waals surface area contributed by atoms with Gasteiger partial charge >= 0.3 is 6.09 Å². The van der Waals surface area contributed by atoms with Crippen LogP contribution in [-0.4, -0.2) is 89.0 Å². The van der Waals surface area contributed by atoms with Crippen LogP contribution in [0.5, 0.6) is 17.2 Å². The molecule has 4 aromatic rings. The standard InChI is InChI=1S/C37H45N5O10/c1-21(2)15-42(16-25-7-10-30-31(14-25)49-20-48-30)17-29(43)28(38-37(44)50-32-18-47-36-27(32)11-12-45-36)13-24-5-8-26(9-6-24)46-19-33-39-35(52-41-33)34-22(3)40-51-23(34)4/h5-10,14,21,27-29,32,36,43H,11-13,15-20H2,1-4H3,(H,38,44)/t27-,28-,29+,32-,36+/m0/s1. The van der Waals surface area contributed by atoms with Gasteiger partial charge in [0, 0.05) is 19.6 Å². The zero-order valence-electron chi connectivity index (χ0n) is 29.8. The van der Waals surface area contributed by atoms with Crippen LogP contribution in [0.4, 0.5) is 4.79 Å². The Morgan fingerprint density at radius 2 is 1.83 bits per heavy atom. The topological polar surface area (TPSA) is 173 Å². The minimum absolute atomic E-state index is 0.000155. The van der Waals surface area contributed by atoms with Crippen molar-refractivity contribution in [3.05, 3.63) is 70.9 Å². The quantitative estimate of drug-likeness (QED) is 0.175. The number of carbonyl (C=O) groups is 1. The molecule has 0 bridgehead atoms. The number of aliphatic hydroxyl groups is 1. The molecule has 0 unspecified atom stereocenters. The summed E-state index contributed by atoms with van der Waals surface area (Å²) in [6.07, 6.45) is -1.17. The summed E-state index contributed by atoms with van der Waals surface area (Å²) in [5, 5.41) is 22.7. The fourth-order valence-electron chi connectivity index (χ4n) is 6.89.